The first-order valence-corrected chi connectivity index (χ1v) is 5.24. The molecule has 0 saturated carbocycles. The van der Waals surface area contributed by atoms with Gasteiger partial charge >= 0.3 is 0 Å². The van der Waals surface area contributed by atoms with Crippen LogP contribution in [0.3, 0.4) is 0 Å². The highest BCUT2D eigenvalue weighted by atomic mass is 16.1. The van der Waals surface area contributed by atoms with Crippen molar-refractivity contribution in [3.8, 4) is 11.4 Å². The molecule has 0 saturated heterocycles. The van der Waals surface area contributed by atoms with Crippen LogP contribution in [0.2, 0.25) is 0 Å². The molecule has 0 spiro atoms. The molecule has 0 unspecified atom stereocenters. The predicted molar refractivity (Wildman–Crippen MR) is 63.8 cm³/mol. The maximum absolute atomic E-state index is 11.0. The summed E-state index contributed by atoms with van der Waals surface area (Å²) < 4.78 is 1.86. The lowest BCUT2D eigenvalue weighted by atomic mass is 10.1. The third-order valence-corrected chi connectivity index (χ3v) is 2.64. The van der Waals surface area contributed by atoms with Gasteiger partial charge in [-0.05, 0) is 12.1 Å². The number of rotatable bonds is 2. The van der Waals surface area contributed by atoms with Gasteiger partial charge < -0.3 is 0 Å². The predicted octanol–water partition coefficient (Wildman–Crippen LogP) is 2.21. The van der Waals surface area contributed by atoms with E-state index in [1.54, 1.807) is 6.07 Å². The Kier molecular flexibility index (Phi) is 2.19. The summed E-state index contributed by atoms with van der Waals surface area (Å²) in [6, 6.07) is 13.0. The highest BCUT2D eigenvalue weighted by Crippen LogP contribution is 2.21. The van der Waals surface area contributed by atoms with E-state index >= 15 is 0 Å². The summed E-state index contributed by atoms with van der Waals surface area (Å²) >= 11 is 0. The van der Waals surface area contributed by atoms with Gasteiger partial charge in [0.25, 0.3) is 0 Å². The molecule has 17 heavy (non-hydrogen) atoms. The number of carbonyl (C=O) groups is 1. The fourth-order valence-electron chi connectivity index (χ4n) is 1.83. The Hall–Kier alpha value is -2.49. The highest BCUT2D eigenvalue weighted by Gasteiger charge is 2.10. The van der Waals surface area contributed by atoms with Gasteiger partial charge in [0.05, 0.1) is 0 Å². The minimum absolute atomic E-state index is 0.616. The molecule has 2 aromatic heterocycles. The number of aldehydes is 1. The second-order valence-corrected chi connectivity index (χ2v) is 3.66. The van der Waals surface area contributed by atoms with Crippen LogP contribution in [0.5, 0.6) is 0 Å². The standard InChI is InChI=1S/C13H9N3O/c17-9-10-5-1-2-6-11(10)13-15-14-12-7-3-4-8-16(12)13/h1-9H. The smallest absolute Gasteiger partial charge is 0.169 e. The van der Waals surface area contributed by atoms with Gasteiger partial charge in [-0.1, -0.05) is 30.3 Å². The van der Waals surface area contributed by atoms with Gasteiger partial charge in [-0.2, -0.15) is 0 Å². The molecule has 2 heterocycles. The number of carbonyl (C=O) groups excluding carboxylic acids is 1. The van der Waals surface area contributed by atoms with Crippen LogP contribution in [0.25, 0.3) is 17.0 Å². The molecular formula is C13H9N3O. The van der Waals surface area contributed by atoms with Crippen molar-refractivity contribution in [2.45, 2.75) is 0 Å². The van der Waals surface area contributed by atoms with Crippen molar-refractivity contribution >= 4 is 11.9 Å². The number of hydrogen-bond donors (Lipinski definition) is 0. The van der Waals surface area contributed by atoms with Gasteiger partial charge in [-0.15, -0.1) is 10.2 Å². The first-order chi connectivity index (χ1) is 8.40. The average Bonchev–Trinajstić information content (AvgIpc) is 2.82. The van der Waals surface area contributed by atoms with Gasteiger partial charge in [0.15, 0.2) is 17.8 Å². The fourth-order valence-corrected chi connectivity index (χ4v) is 1.83. The summed E-state index contributed by atoms with van der Waals surface area (Å²) in [6.45, 7) is 0. The number of fused-ring (bicyclic) bond motifs is 1. The van der Waals surface area contributed by atoms with Crippen LogP contribution in [0.15, 0.2) is 48.7 Å². The maximum Gasteiger partial charge on any atom is 0.169 e. The molecular weight excluding hydrogens is 214 g/mol. The van der Waals surface area contributed by atoms with Gasteiger partial charge in [-0.25, -0.2) is 0 Å². The van der Waals surface area contributed by atoms with E-state index in [4.69, 9.17) is 0 Å². The van der Waals surface area contributed by atoms with Gasteiger partial charge in [0.1, 0.15) is 0 Å². The second kappa shape index (κ2) is 3.83. The second-order valence-electron chi connectivity index (χ2n) is 3.66. The van der Waals surface area contributed by atoms with Gasteiger partial charge in [0.2, 0.25) is 0 Å². The first kappa shape index (κ1) is 9.72. The summed E-state index contributed by atoms with van der Waals surface area (Å²) in [7, 11) is 0. The molecule has 0 fully saturated rings. The van der Waals surface area contributed by atoms with E-state index in [0.29, 0.717) is 11.4 Å². The number of benzene rings is 1. The van der Waals surface area contributed by atoms with E-state index in [0.717, 1.165) is 17.5 Å². The van der Waals surface area contributed by atoms with E-state index in [-0.39, 0.29) is 0 Å². The average molecular weight is 223 g/mol. The van der Waals surface area contributed by atoms with Crippen molar-refractivity contribution < 1.29 is 4.79 Å². The largest absolute Gasteiger partial charge is 0.298 e. The summed E-state index contributed by atoms with van der Waals surface area (Å²) in [5.41, 5.74) is 2.18. The molecule has 0 bridgehead atoms. The van der Waals surface area contributed by atoms with E-state index in [1.165, 1.54) is 0 Å². The Morgan fingerprint density at radius 2 is 1.82 bits per heavy atom. The molecule has 3 rings (SSSR count). The molecule has 0 aliphatic carbocycles. The summed E-state index contributed by atoms with van der Waals surface area (Å²) in [6.07, 6.45) is 2.71. The van der Waals surface area contributed by atoms with E-state index in [1.807, 2.05) is 47.0 Å². The molecule has 4 heteroatoms. The van der Waals surface area contributed by atoms with Crippen molar-refractivity contribution in [1.29, 1.82) is 0 Å². The third-order valence-electron chi connectivity index (χ3n) is 2.64. The van der Waals surface area contributed by atoms with Crippen molar-refractivity contribution in [1.82, 2.24) is 14.6 Å². The van der Waals surface area contributed by atoms with Crippen LogP contribution in [-0.4, -0.2) is 20.9 Å². The van der Waals surface area contributed by atoms with Crippen LogP contribution >= 0.6 is 0 Å². The zero-order valence-corrected chi connectivity index (χ0v) is 8.95. The van der Waals surface area contributed by atoms with E-state index in [9.17, 15) is 4.79 Å². The topological polar surface area (TPSA) is 47.3 Å². The molecule has 4 nitrogen and oxygen atoms in total. The minimum Gasteiger partial charge on any atom is -0.298 e. The Morgan fingerprint density at radius 1 is 1.00 bits per heavy atom. The molecule has 0 atom stereocenters. The Bertz CT molecular complexity index is 688. The molecule has 0 radical (unpaired) electrons. The Labute approximate surface area is 97.5 Å². The minimum atomic E-state index is 0.616. The third kappa shape index (κ3) is 1.50. The summed E-state index contributed by atoms with van der Waals surface area (Å²) in [5, 5.41) is 8.20. The van der Waals surface area contributed by atoms with Crippen LogP contribution in [0, 0.1) is 0 Å². The van der Waals surface area contributed by atoms with Crippen molar-refractivity contribution in [3.05, 3.63) is 54.2 Å². The SMILES string of the molecule is O=Cc1ccccc1-c1nnc2ccccn12. The van der Waals surface area contributed by atoms with Crippen LogP contribution in [0.4, 0.5) is 0 Å². The van der Waals surface area contributed by atoms with Crippen LogP contribution in [-0.2, 0) is 0 Å². The Balaban J connectivity index is 2.31. The molecule has 0 amide bonds. The quantitative estimate of drug-likeness (QED) is 0.626. The zero-order chi connectivity index (χ0) is 11.7. The Morgan fingerprint density at radius 3 is 2.71 bits per heavy atom. The molecule has 0 N–H and O–H groups in total. The number of hydrogen-bond acceptors (Lipinski definition) is 3. The number of pyridine rings is 1. The number of aromatic nitrogens is 3. The van der Waals surface area contributed by atoms with Crippen LogP contribution in [0.1, 0.15) is 10.4 Å². The maximum atomic E-state index is 11.0. The first-order valence-electron chi connectivity index (χ1n) is 5.24. The van der Waals surface area contributed by atoms with E-state index in [2.05, 4.69) is 10.2 Å². The van der Waals surface area contributed by atoms with Gasteiger partial charge in [-0.3, -0.25) is 9.20 Å². The molecule has 0 aliphatic rings. The lowest BCUT2D eigenvalue weighted by molar-refractivity contribution is 0.112. The monoisotopic (exact) mass is 223 g/mol. The highest BCUT2D eigenvalue weighted by molar-refractivity contribution is 5.86. The normalized spacial score (nSPS) is 10.6. The van der Waals surface area contributed by atoms with Crippen LogP contribution < -0.4 is 0 Å². The molecule has 82 valence electrons. The van der Waals surface area contributed by atoms with E-state index < -0.39 is 0 Å². The van der Waals surface area contributed by atoms with Gasteiger partial charge in [0, 0.05) is 17.3 Å². The molecule has 3 aromatic rings. The molecule has 1 aromatic carbocycles. The number of nitrogens with zero attached hydrogens (tertiary/aromatic N) is 3. The summed E-state index contributed by atoms with van der Waals surface area (Å²) in [5.74, 6) is 0.684. The molecule has 0 aliphatic heterocycles. The zero-order valence-electron chi connectivity index (χ0n) is 8.95. The van der Waals surface area contributed by atoms with Crippen molar-refractivity contribution in [2.24, 2.45) is 0 Å². The fraction of sp³-hybridized carbons (Fsp3) is 0. The lowest BCUT2D eigenvalue weighted by Gasteiger charge is -2.02. The lowest BCUT2D eigenvalue weighted by Crippen LogP contribution is -1.92. The summed E-state index contributed by atoms with van der Waals surface area (Å²) in [4.78, 5) is 11.0. The van der Waals surface area contributed by atoms with Crippen molar-refractivity contribution in [3.63, 3.8) is 0 Å². The van der Waals surface area contributed by atoms with Crippen molar-refractivity contribution in [2.75, 3.05) is 0 Å².